The highest BCUT2D eigenvalue weighted by atomic mass is 16.5. The molecule has 0 fully saturated rings. The third-order valence-electron chi connectivity index (χ3n) is 3.36. The lowest BCUT2D eigenvalue weighted by molar-refractivity contribution is 0.102. The number of benzene rings is 1. The number of hydrogen-bond donors (Lipinski definition) is 1. The standard InChI is InChI=1S/C16H21N3O2/c1-11(2)19-15(14(21-3)10-18-19)16(20)13-7-5-4-6-12(13)8-9-17/h4-7,10-11H,8-9,17H2,1-3H3. The Kier molecular flexibility index (Phi) is 4.75. The third-order valence-corrected chi connectivity index (χ3v) is 3.36. The molecule has 1 heterocycles. The lowest BCUT2D eigenvalue weighted by Crippen LogP contribution is -2.16. The van der Waals surface area contributed by atoms with Crippen molar-refractivity contribution < 1.29 is 9.53 Å². The van der Waals surface area contributed by atoms with E-state index >= 15 is 0 Å². The molecule has 0 spiro atoms. The molecule has 0 aliphatic heterocycles. The van der Waals surface area contributed by atoms with Gasteiger partial charge in [0.15, 0.2) is 11.4 Å². The van der Waals surface area contributed by atoms with E-state index in [1.54, 1.807) is 18.0 Å². The largest absolute Gasteiger partial charge is 0.493 e. The maximum absolute atomic E-state index is 12.9. The van der Waals surface area contributed by atoms with Crippen LogP contribution in [-0.4, -0.2) is 29.2 Å². The van der Waals surface area contributed by atoms with Crippen LogP contribution in [0, 0.1) is 0 Å². The Hall–Kier alpha value is -2.14. The molecule has 2 rings (SSSR count). The van der Waals surface area contributed by atoms with E-state index in [1.165, 1.54) is 0 Å². The summed E-state index contributed by atoms with van der Waals surface area (Å²) in [6, 6.07) is 7.61. The molecule has 1 aromatic heterocycles. The van der Waals surface area contributed by atoms with Crippen molar-refractivity contribution in [3.05, 3.63) is 47.3 Å². The van der Waals surface area contributed by atoms with Crippen LogP contribution < -0.4 is 10.5 Å². The van der Waals surface area contributed by atoms with Gasteiger partial charge in [-0.05, 0) is 32.4 Å². The molecule has 112 valence electrons. The summed E-state index contributed by atoms with van der Waals surface area (Å²) in [5, 5.41) is 4.25. The number of aromatic nitrogens is 2. The first-order chi connectivity index (χ1) is 10.1. The minimum absolute atomic E-state index is 0.0783. The number of nitrogens with two attached hydrogens (primary N) is 1. The maximum Gasteiger partial charge on any atom is 0.215 e. The van der Waals surface area contributed by atoms with Crippen molar-refractivity contribution in [3.8, 4) is 5.75 Å². The van der Waals surface area contributed by atoms with Crippen LogP contribution in [0.25, 0.3) is 0 Å². The van der Waals surface area contributed by atoms with Crippen molar-refractivity contribution in [1.29, 1.82) is 0 Å². The van der Waals surface area contributed by atoms with Gasteiger partial charge in [-0.2, -0.15) is 5.10 Å². The van der Waals surface area contributed by atoms with E-state index < -0.39 is 0 Å². The Labute approximate surface area is 124 Å². The minimum atomic E-state index is -0.0814. The topological polar surface area (TPSA) is 70.1 Å². The van der Waals surface area contributed by atoms with Crippen LogP contribution in [0.2, 0.25) is 0 Å². The van der Waals surface area contributed by atoms with Crippen LogP contribution in [0.5, 0.6) is 5.75 Å². The first-order valence-corrected chi connectivity index (χ1v) is 7.04. The number of rotatable bonds is 6. The van der Waals surface area contributed by atoms with E-state index in [0.29, 0.717) is 30.0 Å². The summed E-state index contributed by atoms with van der Waals surface area (Å²) >= 11 is 0. The molecule has 0 radical (unpaired) electrons. The average Bonchev–Trinajstić information content (AvgIpc) is 2.91. The zero-order chi connectivity index (χ0) is 15.4. The van der Waals surface area contributed by atoms with Crippen molar-refractivity contribution in [2.75, 3.05) is 13.7 Å². The normalized spacial score (nSPS) is 10.9. The van der Waals surface area contributed by atoms with Gasteiger partial charge in [0, 0.05) is 11.6 Å². The first kappa shape index (κ1) is 15.3. The maximum atomic E-state index is 12.9. The first-order valence-electron chi connectivity index (χ1n) is 7.04. The predicted molar refractivity (Wildman–Crippen MR) is 81.8 cm³/mol. The summed E-state index contributed by atoms with van der Waals surface area (Å²) in [4.78, 5) is 12.9. The van der Waals surface area contributed by atoms with Crippen LogP contribution in [0.15, 0.2) is 30.5 Å². The fraction of sp³-hybridized carbons (Fsp3) is 0.375. The van der Waals surface area contributed by atoms with Gasteiger partial charge in [0.25, 0.3) is 0 Å². The molecular weight excluding hydrogens is 266 g/mol. The van der Waals surface area contributed by atoms with Crippen LogP contribution in [0.1, 0.15) is 41.5 Å². The van der Waals surface area contributed by atoms with Gasteiger partial charge in [-0.15, -0.1) is 0 Å². The molecule has 21 heavy (non-hydrogen) atoms. The Balaban J connectivity index is 2.52. The molecule has 0 aliphatic carbocycles. The number of nitrogens with zero attached hydrogens (tertiary/aromatic N) is 2. The Morgan fingerprint density at radius 3 is 2.71 bits per heavy atom. The predicted octanol–water partition coefficient (Wildman–Crippen LogP) is 2.20. The molecule has 0 aliphatic rings. The van der Waals surface area contributed by atoms with Crippen LogP contribution in [-0.2, 0) is 6.42 Å². The van der Waals surface area contributed by atoms with E-state index in [9.17, 15) is 4.79 Å². The Morgan fingerprint density at radius 1 is 1.38 bits per heavy atom. The summed E-state index contributed by atoms with van der Waals surface area (Å²) < 4.78 is 6.98. The molecule has 1 aromatic carbocycles. The number of methoxy groups -OCH3 is 1. The highest BCUT2D eigenvalue weighted by Gasteiger charge is 2.23. The molecule has 5 nitrogen and oxygen atoms in total. The number of ketones is 1. The van der Waals surface area contributed by atoms with Crippen molar-refractivity contribution in [2.24, 2.45) is 5.73 Å². The zero-order valence-corrected chi connectivity index (χ0v) is 12.7. The van der Waals surface area contributed by atoms with Gasteiger partial charge in [-0.25, -0.2) is 0 Å². The van der Waals surface area contributed by atoms with Crippen LogP contribution >= 0.6 is 0 Å². The summed E-state index contributed by atoms with van der Waals surface area (Å²) in [5.41, 5.74) is 7.72. The highest BCUT2D eigenvalue weighted by Crippen LogP contribution is 2.25. The van der Waals surface area contributed by atoms with Crippen LogP contribution in [0.4, 0.5) is 0 Å². The van der Waals surface area contributed by atoms with Gasteiger partial charge in [0.1, 0.15) is 0 Å². The number of ether oxygens (including phenoxy) is 1. The summed E-state index contributed by atoms with van der Waals surface area (Å²) in [7, 11) is 1.55. The fourth-order valence-corrected chi connectivity index (χ4v) is 2.35. The minimum Gasteiger partial charge on any atom is -0.493 e. The molecule has 0 amide bonds. The third kappa shape index (κ3) is 2.97. The Morgan fingerprint density at radius 2 is 2.10 bits per heavy atom. The molecule has 0 saturated carbocycles. The van der Waals surface area contributed by atoms with Crippen molar-refractivity contribution in [3.63, 3.8) is 0 Å². The molecule has 0 unspecified atom stereocenters. The van der Waals surface area contributed by atoms with E-state index in [-0.39, 0.29) is 11.8 Å². The number of carbonyl (C=O) groups excluding carboxylic acids is 1. The molecular formula is C16H21N3O2. The van der Waals surface area contributed by atoms with Crippen LogP contribution in [0.3, 0.4) is 0 Å². The lowest BCUT2D eigenvalue weighted by Gasteiger charge is -2.13. The molecule has 0 bridgehead atoms. The van der Waals surface area contributed by atoms with Gasteiger partial charge < -0.3 is 10.5 Å². The summed E-state index contributed by atoms with van der Waals surface area (Å²) in [6.45, 7) is 4.47. The molecule has 2 N–H and O–H groups in total. The highest BCUT2D eigenvalue weighted by molar-refractivity contribution is 6.10. The van der Waals surface area contributed by atoms with Gasteiger partial charge in [-0.3, -0.25) is 9.48 Å². The monoisotopic (exact) mass is 287 g/mol. The van der Waals surface area contributed by atoms with E-state index in [1.807, 2.05) is 38.1 Å². The van der Waals surface area contributed by atoms with Gasteiger partial charge in [0.05, 0.1) is 13.3 Å². The summed E-state index contributed by atoms with van der Waals surface area (Å²) in [6.07, 6.45) is 2.25. The number of hydrogen-bond acceptors (Lipinski definition) is 4. The molecule has 2 aromatic rings. The molecule has 5 heteroatoms. The van der Waals surface area contributed by atoms with E-state index in [2.05, 4.69) is 5.10 Å². The van der Waals surface area contributed by atoms with Gasteiger partial charge >= 0.3 is 0 Å². The van der Waals surface area contributed by atoms with Crippen molar-refractivity contribution in [1.82, 2.24) is 9.78 Å². The Bertz CT molecular complexity index is 632. The second-order valence-electron chi connectivity index (χ2n) is 5.12. The lowest BCUT2D eigenvalue weighted by atomic mass is 9.99. The van der Waals surface area contributed by atoms with Gasteiger partial charge in [-0.1, -0.05) is 24.3 Å². The average molecular weight is 287 g/mol. The van der Waals surface area contributed by atoms with Crippen molar-refractivity contribution in [2.45, 2.75) is 26.3 Å². The van der Waals surface area contributed by atoms with Crippen molar-refractivity contribution >= 4 is 5.78 Å². The fourth-order valence-electron chi connectivity index (χ4n) is 2.35. The van der Waals surface area contributed by atoms with E-state index in [0.717, 1.165) is 5.56 Å². The van der Waals surface area contributed by atoms with E-state index in [4.69, 9.17) is 10.5 Å². The second kappa shape index (κ2) is 6.54. The zero-order valence-electron chi connectivity index (χ0n) is 12.7. The summed E-state index contributed by atoms with van der Waals surface area (Å²) in [5.74, 6) is 0.415. The molecule has 0 atom stereocenters. The molecule has 0 saturated heterocycles. The quantitative estimate of drug-likeness (QED) is 0.827. The second-order valence-corrected chi connectivity index (χ2v) is 5.12. The smallest absolute Gasteiger partial charge is 0.215 e. The SMILES string of the molecule is COc1cnn(C(C)C)c1C(=O)c1ccccc1CCN. The number of carbonyl (C=O) groups is 1. The van der Waals surface area contributed by atoms with Gasteiger partial charge in [0.2, 0.25) is 5.78 Å².